The van der Waals surface area contributed by atoms with E-state index >= 15 is 0 Å². The zero-order chi connectivity index (χ0) is 20.1. The predicted molar refractivity (Wildman–Crippen MR) is 101 cm³/mol. The van der Waals surface area contributed by atoms with Gasteiger partial charge in [-0.25, -0.2) is 8.78 Å². The van der Waals surface area contributed by atoms with Gasteiger partial charge in [0.05, 0.1) is 12.7 Å². The molecular formula is C22H29F2NO3. The molecule has 2 aliphatic carbocycles. The number of ether oxygens (including phenoxy) is 2. The average molecular weight is 393 g/mol. The summed E-state index contributed by atoms with van der Waals surface area (Å²) in [5.74, 6) is -0.574. The number of amides is 1. The van der Waals surface area contributed by atoms with Crippen LogP contribution in [0.3, 0.4) is 0 Å². The Labute approximate surface area is 165 Å². The van der Waals surface area contributed by atoms with E-state index < -0.39 is 17.7 Å². The van der Waals surface area contributed by atoms with Crippen LogP contribution in [0, 0.1) is 34.3 Å². The highest BCUT2D eigenvalue weighted by atomic mass is 19.1. The molecule has 1 heterocycles. The van der Waals surface area contributed by atoms with Crippen molar-refractivity contribution >= 4 is 5.91 Å². The van der Waals surface area contributed by atoms with Crippen LogP contribution in [0.1, 0.15) is 51.2 Å². The summed E-state index contributed by atoms with van der Waals surface area (Å²) in [4.78, 5) is 12.5. The Hall–Kier alpha value is -1.53. The molecule has 28 heavy (non-hydrogen) atoms. The number of carbonyl (C=O) groups is 1. The smallest absolute Gasteiger partial charge is 0.222 e. The van der Waals surface area contributed by atoms with E-state index in [9.17, 15) is 13.6 Å². The first-order chi connectivity index (χ1) is 13.3. The van der Waals surface area contributed by atoms with Gasteiger partial charge in [0.15, 0.2) is 0 Å². The van der Waals surface area contributed by atoms with E-state index in [1.54, 1.807) is 7.11 Å². The second kappa shape index (κ2) is 7.06. The van der Waals surface area contributed by atoms with Crippen molar-refractivity contribution in [3.8, 4) is 0 Å². The minimum absolute atomic E-state index is 0.00314. The van der Waals surface area contributed by atoms with Crippen molar-refractivity contribution in [1.29, 1.82) is 0 Å². The van der Waals surface area contributed by atoms with Crippen molar-refractivity contribution in [3.05, 3.63) is 35.4 Å². The molecule has 1 N–H and O–H groups in total. The lowest BCUT2D eigenvalue weighted by Gasteiger charge is -2.53. The first-order valence-corrected chi connectivity index (χ1v) is 10.1. The van der Waals surface area contributed by atoms with Gasteiger partial charge in [-0.1, -0.05) is 19.9 Å². The summed E-state index contributed by atoms with van der Waals surface area (Å²) in [6.07, 6.45) is 2.75. The van der Waals surface area contributed by atoms with Crippen LogP contribution in [0.25, 0.3) is 0 Å². The molecule has 1 spiro atoms. The summed E-state index contributed by atoms with van der Waals surface area (Å²) in [5, 5.41) is 3.29. The second-order valence-electron chi connectivity index (χ2n) is 9.25. The summed E-state index contributed by atoms with van der Waals surface area (Å²) >= 11 is 0. The molecule has 4 nitrogen and oxygen atoms in total. The Morgan fingerprint density at radius 2 is 2.14 bits per heavy atom. The molecule has 1 aromatic rings. The minimum Gasteiger partial charge on any atom is -0.384 e. The number of methoxy groups -OCH3 is 1. The first kappa shape index (κ1) is 19.8. The van der Waals surface area contributed by atoms with E-state index in [-0.39, 0.29) is 28.7 Å². The summed E-state index contributed by atoms with van der Waals surface area (Å²) in [6.45, 7) is 5.37. The van der Waals surface area contributed by atoms with E-state index in [0.29, 0.717) is 31.1 Å². The summed E-state index contributed by atoms with van der Waals surface area (Å²) in [7, 11) is 1.59. The third-order valence-electron chi connectivity index (χ3n) is 7.61. The Morgan fingerprint density at radius 3 is 2.86 bits per heavy atom. The number of hydrogen-bond acceptors (Lipinski definition) is 3. The highest BCUT2D eigenvalue weighted by Gasteiger charge is 2.68. The first-order valence-electron chi connectivity index (χ1n) is 10.1. The second-order valence-corrected chi connectivity index (χ2v) is 9.25. The number of rotatable bonds is 5. The maximum atomic E-state index is 14.5. The highest BCUT2D eigenvalue weighted by molar-refractivity contribution is 5.76. The predicted octanol–water partition coefficient (Wildman–Crippen LogP) is 4.00. The Kier molecular flexibility index (Phi) is 4.99. The van der Waals surface area contributed by atoms with Crippen molar-refractivity contribution in [1.82, 2.24) is 5.32 Å². The van der Waals surface area contributed by atoms with Crippen LogP contribution >= 0.6 is 0 Å². The molecule has 0 aromatic heterocycles. The normalized spacial score (nSPS) is 35.6. The lowest BCUT2D eigenvalue weighted by molar-refractivity contribution is -0.138. The largest absolute Gasteiger partial charge is 0.384 e. The quantitative estimate of drug-likeness (QED) is 0.823. The molecule has 3 aliphatic rings. The van der Waals surface area contributed by atoms with Crippen molar-refractivity contribution in [2.75, 3.05) is 20.3 Å². The molecule has 4 rings (SSSR count). The number of halogens is 2. The zero-order valence-corrected chi connectivity index (χ0v) is 16.8. The lowest BCUT2D eigenvalue weighted by atomic mass is 9.58. The molecule has 5 atom stereocenters. The van der Waals surface area contributed by atoms with Crippen LogP contribution in [0.15, 0.2) is 18.2 Å². The molecule has 1 amide bonds. The van der Waals surface area contributed by atoms with Crippen LogP contribution in [-0.4, -0.2) is 32.3 Å². The Morgan fingerprint density at radius 1 is 1.36 bits per heavy atom. The minimum atomic E-state index is -0.580. The van der Waals surface area contributed by atoms with Crippen molar-refractivity contribution in [2.45, 2.75) is 51.7 Å². The van der Waals surface area contributed by atoms with Crippen LogP contribution in [-0.2, 0) is 14.3 Å². The molecule has 1 saturated heterocycles. The summed E-state index contributed by atoms with van der Waals surface area (Å²) < 4.78 is 39.0. The number of carbonyl (C=O) groups excluding carboxylic acids is 1. The lowest BCUT2D eigenvalue weighted by Crippen LogP contribution is -2.59. The van der Waals surface area contributed by atoms with E-state index in [0.717, 1.165) is 25.3 Å². The maximum Gasteiger partial charge on any atom is 0.222 e. The fourth-order valence-corrected chi connectivity index (χ4v) is 6.26. The molecule has 154 valence electrons. The fourth-order valence-electron chi connectivity index (χ4n) is 6.26. The van der Waals surface area contributed by atoms with E-state index in [2.05, 4.69) is 19.2 Å². The number of fused-ring (bicyclic) bond motifs is 1. The van der Waals surface area contributed by atoms with Crippen LogP contribution in [0.2, 0.25) is 0 Å². The molecule has 1 aliphatic heterocycles. The molecule has 2 bridgehead atoms. The number of nitrogens with one attached hydrogen (secondary N) is 1. The van der Waals surface area contributed by atoms with Gasteiger partial charge < -0.3 is 14.8 Å². The van der Waals surface area contributed by atoms with Crippen LogP contribution in [0.4, 0.5) is 8.78 Å². The van der Waals surface area contributed by atoms with Gasteiger partial charge in [-0.05, 0) is 48.0 Å². The summed E-state index contributed by atoms with van der Waals surface area (Å²) in [6, 6.07) is 3.76. The molecule has 0 unspecified atom stereocenters. The standard InChI is InChI=1S/C22H29F2NO3/c1-21(2)13-10-16-19(15-5-4-14(23)11-17(15)24)28-9-7-22(16,12-13)20(21)25-18(26)6-8-27-3/h4-5,11,13,16,19-20H,6-10,12H2,1-3H3,(H,25,26)/t13-,16-,19-,20-,22-/m1/s1. The number of hydrogen-bond donors (Lipinski definition) is 1. The van der Waals surface area contributed by atoms with Gasteiger partial charge in [0.2, 0.25) is 5.91 Å². The third-order valence-corrected chi connectivity index (χ3v) is 7.61. The van der Waals surface area contributed by atoms with E-state index in [1.165, 1.54) is 12.1 Å². The van der Waals surface area contributed by atoms with Gasteiger partial charge in [-0.2, -0.15) is 0 Å². The van der Waals surface area contributed by atoms with E-state index in [1.807, 2.05) is 0 Å². The molecular weight excluding hydrogens is 364 g/mol. The van der Waals surface area contributed by atoms with Crippen molar-refractivity contribution < 1.29 is 23.0 Å². The van der Waals surface area contributed by atoms with Crippen molar-refractivity contribution in [2.24, 2.45) is 22.7 Å². The monoisotopic (exact) mass is 393 g/mol. The maximum absolute atomic E-state index is 14.5. The Balaban J connectivity index is 1.65. The van der Waals surface area contributed by atoms with Gasteiger partial charge in [-0.3, -0.25) is 4.79 Å². The van der Waals surface area contributed by atoms with Gasteiger partial charge >= 0.3 is 0 Å². The van der Waals surface area contributed by atoms with Crippen molar-refractivity contribution in [3.63, 3.8) is 0 Å². The number of benzene rings is 1. The third kappa shape index (κ3) is 2.96. The topological polar surface area (TPSA) is 47.6 Å². The van der Waals surface area contributed by atoms with Gasteiger partial charge in [0.25, 0.3) is 0 Å². The fraction of sp³-hybridized carbons (Fsp3) is 0.682. The Bertz CT molecular complexity index is 768. The SMILES string of the molecule is COCCC(=O)N[C@@H]1C(C)(C)[C@@H]2C[C@@H]3[C@@H](c4ccc(F)cc4F)OCC[C@@]31C2. The zero-order valence-electron chi connectivity index (χ0n) is 16.8. The van der Waals surface area contributed by atoms with Gasteiger partial charge in [-0.15, -0.1) is 0 Å². The summed E-state index contributed by atoms with van der Waals surface area (Å²) in [5.41, 5.74) is 0.295. The highest BCUT2D eigenvalue weighted by Crippen LogP contribution is 2.70. The molecule has 1 aromatic carbocycles. The van der Waals surface area contributed by atoms with Gasteiger partial charge in [0, 0.05) is 37.8 Å². The van der Waals surface area contributed by atoms with Crippen LogP contribution < -0.4 is 5.32 Å². The van der Waals surface area contributed by atoms with Crippen LogP contribution in [0.5, 0.6) is 0 Å². The molecule has 2 saturated carbocycles. The van der Waals surface area contributed by atoms with E-state index in [4.69, 9.17) is 9.47 Å². The molecule has 3 fully saturated rings. The molecule has 0 radical (unpaired) electrons. The van der Waals surface area contributed by atoms with Gasteiger partial charge in [0.1, 0.15) is 11.6 Å². The average Bonchev–Trinajstić information content (AvgIpc) is 3.13. The molecule has 6 heteroatoms.